The van der Waals surface area contributed by atoms with Crippen LogP contribution in [0.5, 0.6) is 0 Å². The molecule has 20 heavy (non-hydrogen) atoms. The molecule has 0 aliphatic carbocycles. The van der Waals surface area contributed by atoms with E-state index in [2.05, 4.69) is 19.2 Å². The number of carbonyl (C=O) groups excluding carboxylic acids is 1. The van der Waals surface area contributed by atoms with Crippen LogP contribution in [0.3, 0.4) is 0 Å². The number of benzene rings is 1. The second-order valence-corrected chi connectivity index (χ2v) is 5.08. The first kappa shape index (κ1) is 14.6. The first-order chi connectivity index (χ1) is 9.67. The third kappa shape index (κ3) is 3.20. The summed E-state index contributed by atoms with van der Waals surface area (Å²) in [6.07, 6.45) is 3.82. The van der Waals surface area contributed by atoms with E-state index in [0.29, 0.717) is 6.54 Å². The van der Waals surface area contributed by atoms with Crippen molar-refractivity contribution in [2.24, 2.45) is 0 Å². The van der Waals surface area contributed by atoms with Gasteiger partial charge in [-0.2, -0.15) is 0 Å². The van der Waals surface area contributed by atoms with Crippen molar-refractivity contribution in [3.05, 3.63) is 36.0 Å². The summed E-state index contributed by atoms with van der Waals surface area (Å²) in [6, 6.07) is 8.01. The van der Waals surface area contributed by atoms with Crippen LogP contribution in [0.2, 0.25) is 0 Å². The number of rotatable bonds is 6. The van der Waals surface area contributed by atoms with Gasteiger partial charge in [0.05, 0.1) is 6.61 Å². The van der Waals surface area contributed by atoms with Crippen molar-refractivity contribution >= 4 is 16.8 Å². The molecule has 1 heterocycles. The minimum absolute atomic E-state index is 0.0380. The van der Waals surface area contributed by atoms with Gasteiger partial charge in [0, 0.05) is 17.8 Å². The lowest BCUT2D eigenvalue weighted by molar-refractivity contribution is -0.122. The number of nitrogens with zero attached hydrogens (tertiary/aromatic N) is 1. The van der Waals surface area contributed by atoms with Crippen LogP contribution < -0.4 is 5.32 Å². The maximum atomic E-state index is 12.0. The van der Waals surface area contributed by atoms with E-state index in [1.807, 2.05) is 35.0 Å². The lowest BCUT2D eigenvalue weighted by Crippen LogP contribution is -2.36. The molecule has 0 fully saturated rings. The molecule has 2 aromatic rings. The Morgan fingerprint density at radius 2 is 2.05 bits per heavy atom. The van der Waals surface area contributed by atoms with E-state index in [0.717, 1.165) is 29.3 Å². The highest BCUT2D eigenvalue weighted by atomic mass is 16.3. The van der Waals surface area contributed by atoms with E-state index < -0.39 is 0 Å². The van der Waals surface area contributed by atoms with Crippen molar-refractivity contribution in [1.29, 1.82) is 0 Å². The predicted molar refractivity (Wildman–Crippen MR) is 80.4 cm³/mol. The fourth-order valence-corrected chi connectivity index (χ4v) is 2.41. The van der Waals surface area contributed by atoms with Gasteiger partial charge in [0.1, 0.15) is 6.54 Å². The molecule has 0 atom stereocenters. The Hall–Kier alpha value is -1.81. The van der Waals surface area contributed by atoms with Crippen LogP contribution in [0, 0.1) is 0 Å². The van der Waals surface area contributed by atoms with Gasteiger partial charge < -0.3 is 15.0 Å². The summed E-state index contributed by atoms with van der Waals surface area (Å²) in [5.41, 5.74) is 1.90. The number of hydrogen-bond acceptors (Lipinski definition) is 2. The van der Waals surface area contributed by atoms with Crippen molar-refractivity contribution in [3.63, 3.8) is 0 Å². The minimum Gasteiger partial charge on any atom is -0.392 e. The van der Waals surface area contributed by atoms with Crippen LogP contribution in [-0.2, 0) is 17.9 Å². The van der Waals surface area contributed by atoms with E-state index in [1.54, 1.807) is 0 Å². The highest BCUT2D eigenvalue weighted by Crippen LogP contribution is 2.17. The van der Waals surface area contributed by atoms with E-state index in [9.17, 15) is 4.79 Å². The normalized spacial score (nSPS) is 11.2. The number of fused-ring (bicyclic) bond motifs is 1. The summed E-state index contributed by atoms with van der Waals surface area (Å²) in [4.78, 5) is 12.0. The van der Waals surface area contributed by atoms with Crippen LogP contribution in [0.4, 0.5) is 0 Å². The molecule has 0 bridgehead atoms. The first-order valence-corrected chi connectivity index (χ1v) is 7.15. The second kappa shape index (κ2) is 6.57. The van der Waals surface area contributed by atoms with Gasteiger partial charge in [-0.3, -0.25) is 4.79 Å². The van der Waals surface area contributed by atoms with Gasteiger partial charge in [-0.15, -0.1) is 0 Å². The summed E-state index contributed by atoms with van der Waals surface area (Å²) < 4.78 is 1.94. The topological polar surface area (TPSA) is 54.3 Å². The van der Waals surface area contributed by atoms with E-state index >= 15 is 0 Å². The fraction of sp³-hybridized carbons (Fsp3) is 0.438. The van der Waals surface area contributed by atoms with Crippen molar-refractivity contribution in [3.8, 4) is 0 Å². The summed E-state index contributed by atoms with van der Waals surface area (Å²) in [5.74, 6) is 0.0439. The fourth-order valence-electron chi connectivity index (χ4n) is 2.41. The number of nitrogens with one attached hydrogen (secondary N) is 1. The molecule has 0 saturated carbocycles. The van der Waals surface area contributed by atoms with Gasteiger partial charge in [-0.05, 0) is 42.0 Å². The molecule has 108 valence electrons. The second-order valence-electron chi connectivity index (χ2n) is 5.08. The number of aliphatic hydroxyl groups is 1. The molecule has 4 nitrogen and oxygen atoms in total. The van der Waals surface area contributed by atoms with Crippen LogP contribution in [-0.4, -0.2) is 21.6 Å². The van der Waals surface area contributed by atoms with Crippen molar-refractivity contribution in [2.75, 3.05) is 0 Å². The molecular weight excluding hydrogens is 252 g/mol. The first-order valence-electron chi connectivity index (χ1n) is 7.15. The number of hydrogen-bond donors (Lipinski definition) is 2. The summed E-state index contributed by atoms with van der Waals surface area (Å²) >= 11 is 0. The maximum Gasteiger partial charge on any atom is 0.240 e. The zero-order chi connectivity index (χ0) is 14.5. The lowest BCUT2D eigenvalue weighted by Gasteiger charge is -2.15. The Kier molecular flexibility index (Phi) is 4.79. The highest BCUT2D eigenvalue weighted by molar-refractivity contribution is 5.83. The molecule has 0 spiro atoms. The molecule has 0 unspecified atom stereocenters. The monoisotopic (exact) mass is 274 g/mol. The van der Waals surface area contributed by atoms with Gasteiger partial charge in [-0.25, -0.2) is 0 Å². The molecule has 2 N–H and O–H groups in total. The van der Waals surface area contributed by atoms with Crippen molar-refractivity contribution in [2.45, 2.75) is 45.9 Å². The molecule has 1 aromatic heterocycles. The number of aromatic nitrogens is 1. The van der Waals surface area contributed by atoms with E-state index in [4.69, 9.17) is 5.11 Å². The Morgan fingerprint density at radius 3 is 2.70 bits per heavy atom. The number of carbonyl (C=O) groups is 1. The Bertz CT molecular complexity index is 585. The third-order valence-corrected chi connectivity index (χ3v) is 3.68. The standard InChI is InChI=1S/C16H22N2O2/c1-3-14(4-2)17-16(20)10-18-8-7-13-9-12(11-19)5-6-15(13)18/h5-9,14,19H,3-4,10-11H2,1-2H3,(H,17,20). The average molecular weight is 274 g/mol. The molecular formula is C16H22N2O2. The Balaban J connectivity index is 2.12. The molecule has 2 rings (SSSR count). The number of amides is 1. The van der Waals surface area contributed by atoms with E-state index in [1.165, 1.54) is 0 Å². The zero-order valence-electron chi connectivity index (χ0n) is 12.1. The minimum atomic E-state index is 0.0380. The SMILES string of the molecule is CCC(CC)NC(=O)Cn1ccc2cc(CO)ccc21. The zero-order valence-corrected chi connectivity index (χ0v) is 12.1. The summed E-state index contributed by atoms with van der Waals surface area (Å²) in [7, 11) is 0. The van der Waals surface area contributed by atoms with Crippen LogP contribution in [0.25, 0.3) is 10.9 Å². The van der Waals surface area contributed by atoms with Crippen molar-refractivity contribution in [1.82, 2.24) is 9.88 Å². The predicted octanol–water partition coefficient (Wildman–Crippen LogP) is 2.44. The molecule has 0 aliphatic rings. The quantitative estimate of drug-likeness (QED) is 0.850. The molecule has 0 saturated heterocycles. The Labute approximate surface area is 119 Å². The van der Waals surface area contributed by atoms with Crippen LogP contribution in [0.1, 0.15) is 32.3 Å². The van der Waals surface area contributed by atoms with E-state index in [-0.39, 0.29) is 18.6 Å². The average Bonchev–Trinajstić information content (AvgIpc) is 2.86. The lowest BCUT2D eigenvalue weighted by atomic mass is 10.1. The van der Waals surface area contributed by atoms with Gasteiger partial charge in [-0.1, -0.05) is 19.9 Å². The molecule has 0 aliphatic heterocycles. The maximum absolute atomic E-state index is 12.0. The number of aliphatic hydroxyl groups excluding tert-OH is 1. The molecule has 4 heteroatoms. The summed E-state index contributed by atoms with van der Waals surface area (Å²) in [6.45, 7) is 4.53. The van der Waals surface area contributed by atoms with Crippen LogP contribution in [0.15, 0.2) is 30.5 Å². The van der Waals surface area contributed by atoms with Gasteiger partial charge >= 0.3 is 0 Å². The van der Waals surface area contributed by atoms with Gasteiger partial charge in [0.25, 0.3) is 0 Å². The molecule has 1 amide bonds. The van der Waals surface area contributed by atoms with Crippen LogP contribution >= 0.6 is 0 Å². The Morgan fingerprint density at radius 1 is 1.30 bits per heavy atom. The molecule has 0 radical (unpaired) electrons. The largest absolute Gasteiger partial charge is 0.392 e. The van der Waals surface area contributed by atoms with Gasteiger partial charge in [0.2, 0.25) is 5.91 Å². The van der Waals surface area contributed by atoms with Crippen molar-refractivity contribution < 1.29 is 9.90 Å². The summed E-state index contributed by atoms with van der Waals surface area (Å²) in [5, 5.41) is 13.2. The third-order valence-electron chi connectivity index (χ3n) is 3.68. The smallest absolute Gasteiger partial charge is 0.240 e. The molecule has 1 aromatic carbocycles. The highest BCUT2D eigenvalue weighted by Gasteiger charge is 2.10. The van der Waals surface area contributed by atoms with Gasteiger partial charge in [0.15, 0.2) is 0 Å².